The predicted molar refractivity (Wildman–Crippen MR) is 76.3 cm³/mol. The molecule has 0 aliphatic heterocycles. The first-order valence-electron chi connectivity index (χ1n) is 6.04. The van der Waals surface area contributed by atoms with Crippen molar-refractivity contribution in [1.82, 2.24) is 0 Å². The Labute approximate surface area is 106 Å². The highest BCUT2D eigenvalue weighted by atomic mass is 16.3. The molecule has 0 spiro atoms. The van der Waals surface area contributed by atoms with Crippen molar-refractivity contribution >= 4 is 23.1 Å². The van der Waals surface area contributed by atoms with Crippen molar-refractivity contribution in [3.05, 3.63) is 71.5 Å². The van der Waals surface area contributed by atoms with Crippen LogP contribution in [-0.4, -0.2) is 0 Å². The van der Waals surface area contributed by atoms with Gasteiger partial charge in [-0.2, -0.15) is 0 Å². The smallest absolute Gasteiger partial charge is 0.134 e. The minimum Gasteiger partial charge on any atom is -0.457 e. The van der Waals surface area contributed by atoms with Gasteiger partial charge >= 0.3 is 0 Å². The molecule has 1 aromatic heterocycles. The van der Waals surface area contributed by atoms with Crippen LogP contribution in [0.25, 0.3) is 23.1 Å². The molecule has 0 bridgehead atoms. The summed E-state index contributed by atoms with van der Waals surface area (Å²) in [6, 6.07) is 18.5. The molecule has 0 aliphatic carbocycles. The zero-order valence-electron chi connectivity index (χ0n) is 10.3. The molecule has 1 heterocycles. The maximum absolute atomic E-state index is 5.73. The molecule has 0 saturated carbocycles. The minimum absolute atomic E-state index is 0.886. The third-order valence-corrected chi connectivity index (χ3v) is 2.96. The lowest BCUT2D eigenvalue weighted by Gasteiger charge is -1.93. The topological polar surface area (TPSA) is 13.1 Å². The maximum Gasteiger partial charge on any atom is 0.134 e. The van der Waals surface area contributed by atoms with Gasteiger partial charge in [-0.25, -0.2) is 0 Å². The summed E-state index contributed by atoms with van der Waals surface area (Å²) >= 11 is 0. The maximum atomic E-state index is 5.73. The monoisotopic (exact) mass is 234 g/mol. The van der Waals surface area contributed by atoms with Crippen LogP contribution in [0.2, 0.25) is 0 Å². The number of aryl methyl sites for hydroxylation is 1. The Hall–Kier alpha value is -2.28. The van der Waals surface area contributed by atoms with Crippen LogP contribution in [0.4, 0.5) is 0 Å². The molecule has 0 N–H and O–H groups in total. The van der Waals surface area contributed by atoms with Gasteiger partial charge in [0.25, 0.3) is 0 Å². The SMILES string of the molecule is Cc1ccc(/C=C/c2cc3ccccc3o2)cc1. The van der Waals surface area contributed by atoms with Crippen LogP contribution in [0.5, 0.6) is 0 Å². The van der Waals surface area contributed by atoms with Crippen LogP contribution >= 0.6 is 0 Å². The zero-order valence-corrected chi connectivity index (χ0v) is 10.3. The van der Waals surface area contributed by atoms with E-state index in [4.69, 9.17) is 4.42 Å². The predicted octanol–water partition coefficient (Wildman–Crippen LogP) is 4.91. The second-order valence-corrected chi connectivity index (χ2v) is 4.43. The van der Waals surface area contributed by atoms with Gasteiger partial charge < -0.3 is 4.42 Å². The van der Waals surface area contributed by atoms with Crippen molar-refractivity contribution in [2.24, 2.45) is 0 Å². The molecule has 0 atom stereocenters. The van der Waals surface area contributed by atoms with Gasteiger partial charge in [0.1, 0.15) is 11.3 Å². The van der Waals surface area contributed by atoms with Crippen molar-refractivity contribution in [3.8, 4) is 0 Å². The molecule has 3 rings (SSSR count). The van der Waals surface area contributed by atoms with Crippen LogP contribution in [0, 0.1) is 6.92 Å². The highest BCUT2D eigenvalue weighted by Gasteiger charge is 1.98. The van der Waals surface area contributed by atoms with Gasteiger partial charge in [-0.3, -0.25) is 0 Å². The summed E-state index contributed by atoms with van der Waals surface area (Å²) < 4.78 is 5.73. The summed E-state index contributed by atoms with van der Waals surface area (Å²) in [6.45, 7) is 2.09. The molecule has 0 unspecified atom stereocenters. The number of furan rings is 1. The van der Waals surface area contributed by atoms with Crippen LogP contribution in [0.1, 0.15) is 16.9 Å². The third kappa shape index (κ3) is 2.21. The van der Waals surface area contributed by atoms with Gasteiger partial charge in [0.15, 0.2) is 0 Å². The number of rotatable bonds is 2. The second-order valence-electron chi connectivity index (χ2n) is 4.43. The third-order valence-electron chi connectivity index (χ3n) is 2.96. The van der Waals surface area contributed by atoms with E-state index in [2.05, 4.69) is 49.4 Å². The minimum atomic E-state index is 0.886. The summed E-state index contributed by atoms with van der Waals surface area (Å²) in [7, 11) is 0. The lowest BCUT2D eigenvalue weighted by molar-refractivity contribution is 0.604. The van der Waals surface area contributed by atoms with Crippen LogP contribution in [0.15, 0.2) is 59.0 Å². The van der Waals surface area contributed by atoms with Gasteiger partial charge in [-0.15, -0.1) is 0 Å². The number of fused-ring (bicyclic) bond motifs is 1. The highest BCUT2D eigenvalue weighted by Crippen LogP contribution is 2.20. The number of benzene rings is 2. The molecule has 2 aromatic carbocycles. The van der Waals surface area contributed by atoms with Crippen molar-refractivity contribution in [2.75, 3.05) is 0 Å². The Kier molecular flexibility index (Phi) is 2.73. The van der Waals surface area contributed by atoms with E-state index in [0.29, 0.717) is 0 Å². The molecule has 1 heteroatoms. The average Bonchev–Trinajstić information content (AvgIpc) is 2.81. The van der Waals surface area contributed by atoms with E-state index in [1.807, 2.05) is 24.3 Å². The fourth-order valence-electron chi connectivity index (χ4n) is 1.94. The first-order chi connectivity index (χ1) is 8.81. The fraction of sp³-hybridized carbons (Fsp3) is 0.0588. The Balaban J connectivity index is 1.89. The van der Waals surface area contributed by atoms with Crippen molar-refractivity contribution in [3.63, 3.8) is 0 Å². The van der Waals surface area contributed by atoms with Crippen LogP contribution in [-0.2, 0) is 0 Å². The van der Waals surface area contributed by atoms with Crippen molar-refractivity contribution in [2.45, 2.75) is 6.92 Å². The quantitative estimate of drug-likeness (QED) is 0.614. The summed E-state index contributed by atoms with van der Waals surface area (Å²) in [5.41, 5.74) is 3.39. The molecular formula is C17H14O. The Bertz CT molecular complexity index is 654. The first kappa shape index (κ1) is 10.8. The van der Waals surface area contributed by atoms with E-state index in [9.17, 15) is 0 Å². The number of hydrogen-bond acceptors (Lipinski definition) is 1. The van der Waals surface area contributed by atoms with Crippen LogP contribution in [0.3, 0.4) is 0 Å². The number of hydrogen-bond donors (Lipinski definition) is 0. The molecule has 1 nitrogen and oxygen atoms in total. The van der Waals surface area contributed by atoms with Gasteiger partial charge in [0.05, 0.1) is 0 Å². The summed E-state index contributed by atoms with van der Waals surface area (Å²) in [5.74, 6) is 0.886. The first-order valence-corrected chi connectivity index (χ1v) is 6.04. The zero-order chi connectivity index (χ0) is 12.4. The summed E-state index contributed by atoms with van der Waals surface area (Å²) in [6.07, 6.45) is 4.07. The molecule has 0 saturated heterocycles. The van der Waals surface area contributed by atoms with Gasteiger partial charge in [0.2, 0.25) is 0 Å². The highest BCUT2D eigenvalue weighted by molar-refractivity contribution is 5.81. The van der Waals surface area contributed by atoms with Crippen molar-refractivity contribution < 1.29 is 4.42 Å². The van der Waals surface area contributed by atoms with E-state index in [1.54, 1.807) is 0 Å². The standard InChI is InChI=1S/C17H14O/c1-13-6-8-14(9-7-13)10-11-16-12-15-4-2-3-5-17(15)18-16/h2-12H,1H3/b11-10+. The normalized spacial score (nSPS) is 11.4. The molecule has 18 heavy (non-hydrogen) atoms. The van der Waals surface area contributed by atoms with Crippen molar-refractivity contribution in [1.29, 1.82) is 0 Å². The molecule has 0 fully saturated rings. The van der Waals surface area contributed by atoms with Gasteiger partial charge in [-0.1, -0.05) is 54.1 Å². The van der Waals surface area contributed by atoms with Gasteiger partial charge in [-0.05, 0) is 30.7 Å². The molecule has 3 aromatic rings. The Morgan fingerprint density at radius 2 is 1.67 bits per heavy atom. The van der Waals surface area contributed by atoms with E-state index in [-0.39, 0.29) is 0 Å². The Morgan fingerprint density at radius 1 is 0.889 bits per heavy atom. The molecule has 88 valence electrons. The largest absolute Gasteiger partial charge is 0.457 e. The lowest BCUT2D eigenvalue weighted by atomic mass is 10.1. The average molecular weight is 234 g/mol. The second kappa shape index (κ2) is 4.53. The van der Waals surface area contributed by atoms with E-state index in [1.165, 1.54) is 11.1 Å². The molecule has 0 amide bonds. The van der Waals surface area contributed by atoms with Crippen LogP contribution < -0.4 is 0 Å². The summed E-state index contributed by atoms with van der Waals surface area (Å²) in [4.78, 5) is 0. The van der Waals surface area contributed by atoms with E-state index >= 15 is 0 Å². The molecule has 0 aliphatic rings. The Morgan fingerprint density at radius 3 is 2.44 bits per heavy atom. The molecular weight excluding hydrogens is 220 g/mol. The molecule has 0 radical (unpaired) electrons. The van der Waals surface area contributed by atoms with E-state index < -0.39 is 0 Å². The fourth-order valence-corrected chi connectivity index (χ4v) is 1.94. The van der Waals surface area contributed by atoms with Gasteiger partial charge in [0, 0.05) is 5.39 Å². The van der Waals surface area contributed by atoms with E-state index in [0.717, 1.165) is 16.7 Å². The lowest BCUT2D eigenvalue weighted by Crippen LogP contribution is -1.72. The number of para-hydroxylation sites is 1. The summed E-state index contributed by atoms with van der Waals surface area (Å²) in [5, 5.41) is 1.14.